The number of nitrogens with zero attached hydrogens (tertiary/aromatic N) is 1. The zero-order valence-electron chi connectivity index (χ0n) is 15.3. The highest BCUT2D eigenvalue weighted by Gasteiger charge is 2.38. The molecule has 0 spiro atoms. The summed E-state index contributed by atoms with van der Waals surface area (Å²) < 4.78 is 5.64. The molecule has 0 radical (unpaired) electrons. The quantitative estimate of drug-likeness (QED) is 0.885. The van der Waals surface area contributed by atoms with Gasteiger partial charge >= 0.3 is 12.1 Å². The molecular formula is C22H23NO4. The zero-order valence-corrected chi connectivity index (χ0v) is 15.3. The van der Waals surface area contributed by atoms with Gasteiger partial charge < -0.3 is 14.7 Å². The number of aliphatic carboxylic acids is 1. The van der Waals surface area contributed by atoms with E-state index in [9.17, 15) is 14.7 Å². The second-order valence-corrected chi connectivity index (χ2v) is 7.36. The molecule has 2 atom stereocenters. The third kappa shape index (κ3) is 3.07. The van der Waals surface area contributed by atoms with Crippen LogP contribution in [-0.4, -0.2) is 41.8 Å². The largest absolute Gasteiger partial charge is 0.481 e. The van der Waals surface area contributed by atoms with Gasteiger partial charge in [0.1, 0.15) is 6.61 Å². The van der Waals surface area contributed by atoms with Crippen molar-refractivity contribution in [1.82, 2.24) is 4.90 Å². The Labute approximate surface area is 158 Å². The monoisotopic (exact) mass is 365 g/mol. The van der Waals surface area contributed by atoms with Crippen LogP contribution in [0.4, 0.5) is 4.79 Å². The van der Waals surface area contributed by atoms with E-state index in [1.165, 1.54) is 27.2 Å². The fourth-order valence-corrected chi connectivity index (χ4v) is 4.52. The number of rotatable bonds is 4. The van der Waals surface area contributed by atoms with E-state index in [0.717, 1.165) is 6.42 Å². The van der Waals surface area contributed by atoms with Crippen LogP contribution in [-0.2, 0) is 9.53 Å². The maximum absolute atomic E-state index is 12.6. The SMILES string of the molecule is CN(C(=O)OCC1c2ccccc2-c2ccccc21)[C@H]1CCC[C@@H]1C(=O)O. The predicted octanol–water partition coefficient (Wildman–Crippen LogP) is 4.12. The lowest BCUT2D eigenvalue weighted by Gasteiger charge is -2.27. The molecule has 5 nitrogen and oxygen atoms in total. The van der Waals surface area contributed by atoms with Crippen LogP contribution in [0, 0.1) is 5.92 Å². The second-order valence-electron chi connectivity index (χ2n) is 7.36. The van der Waals surface area contributed by atoms with Crippen molar-refractivity contribution in [2.45, 2.75) is 31.2 Å². The Balaban J connectivity index is 1.49. The highest BCUT2D eigenvalue weighted by atomic mass is 16.6. The van der Waals surface area contributed by atoms with E-state index >= 15 is 0 Å². The van der Waals surface area contributed by atoms with Crippen LogP contribution in [0.15, 0.2) is 48.5 Å². The lowest BCUT2D eigenvalue weighted by atomic mass is 9.98. The lowest BCUT2D eigenvalue weighted by Crippen LogP contribution is -2.42. The number of fused-ring (bicyclic) bond motifs is 3. The van der Waals surface area contributed by atoms with Crippen LogP contribution in [0.2, 0.25) is 0 Å². The highest BCUT2D eigenvalue weighted by molar-refractivity contribution is 5.79. The Bertz CT molecular complexity index is 833. The normalized spacial score (nSPS) is 20.8. The molecule has 0 heterocycles. The standard InChI is InChI=1S/C22H23NO4/c1-23(20-12-6-11-18(20)21(24)25)22(26)27-13-19-16-9-4-2-7-14(16)15-8-3-5-10-17(15)19/h2-5,7-10,18-20H,6,11-13H2,1H3,(H,24,25)/t18-,20-/m0/s1. The van der Waals surface area contributed by atoms with Gasteiger partial charge in [-0.25, -0.2) is 4.79 Å². The average Bonchev–Trinajstić information content (AvgIpc) is 3.29. The first-order valence-electron chi connectivity index (χ1n) is 9.38. The van der Waals surface area contributed by atoms with Crippen molar-refractivity contribution in [3.8, 4) is 11.1 Å². The van der Waals surface area contributed by atoms with Crippen LogP contribution in [0.1, 0.15) is 36.3 Å². The Morgan fingerprint density at radius 1 is 1.04 bits per heavy atom. The molecule has 0 aliphatic heterocycles. The molecule has 0 bridgehead atoms. The summed E-state index contributed by atoms with van der Waals surface area (Å²) in [5, 5.41) is 9.36. The molecule has 2 aliphatic rings. The molecule has 0 saturated heterocycles. The Kier molecular flexibility index (Phi) is 4.60. The molecule has 2 aromatic rings. The highest BCUT2D eigenvalue weighted by Crippen LogP contribution is 2.44. The summed E-state index contributed by atoms with van der Waals surface area (Å²) in [6.45, 7) is 0.252. The van der Waals surface area contributed by atoms with Crippen molar-refractivity contribution in [3.05, 3.63) is 59.7 Å². The number of carbonyl (C=O) groups is 2. The molecule has 1 N–H and O–H groups in total. The van der Waals surface area contributed by atoms with E-state index in [1.54, 1.807) is 7.05 Å². The number of benzene rings is 2. The molecule has 1 saturated carbocycles. The maximum atomic E-state index is 12.6. The fraction of sp³-hybridized carbons (Fsp3) is 0.364. The first-order chi connectivity index (χ1) is 13.1. The van der Waals surface area contributed by atoms with Crippen LogP contribution in [0.5, 0.6) is 0 Å². The predicted molar refractivity (Wildman–Crippen MR) is 102 cm³/mol. The van der Waals surface area contributed by atoms with Crippen molar-refractivity contribution >= 4 is 12.1 Å². The summed E-state index contributed by atoms with van der Waals surface area (Å²) in [4.78, 5) is 25.5. The van der Waals surface area contributed by atoms with E-state index in [-0.39, 0.29) is 18.6 Å². The molecular weight excluding hydrogens is 342 g/mol. The maximum Gasteiger partial charge on any atom is 0.409 e. The molecule has 140 valence electrons. The van der Waals surface area contributed by atoms with Gasteiger partial charge in [-0.05, 0) is 35.1 Å². The summed E-state index contributed by atoms with van der Waals surface area (Å²) >= 11 is 0. The lowest BCUT2D eigenvalue weighted by molar-refractivity contribution is -0.143. The molecule has 5 heteroatoms. The van der Waals surface area contributed by atoms with Gasteiger partial charge in [-0.2, -0.15) is 0 Å². The van der Waals surface area contributed by atoms with Crippen molar-refractivity contribution < 1.29 is 19.4 Å². The van der Waals surface area contributed by atoms with Crippen molar-refractivity contribution in [2.75, 3.05) is 13.7 Å². The van der Waals surface area contributed by atoms with Crippen molar-refractivity contribution in [3.63, 3.8) is 0 Å². The molecule has 1 fully saturated rings. The van der Waals surface area contributed by atoms with Gasteiger partial charge in [0.05, 0.1) is 5.92 Å². The molecule has 0 unspecified atom stereocenters. The van der Waals surface area contributed by atoms with Crippen molar-refractivity contribution in [1.29, 1.82) is 0 Å². The number of hydrogen-bond donors (Lipinski definition) is 1. The minimum atomic E-state index is -0.837. The van der Waals surface area contributed by atoms with E-state index in [0.29, 0.717) is 12.8 Å². The van der Waals surface area contributed by atoms with Gasteiger partial charge in [-0.15, -0.1) is 0 Å². The summed E-state index contributed by atoms with van der Waals surface area (Å²) in [6.07, 6.45) is 1.69. The van der Waals surface area contributed by atoms with Gasteiger partial charge in [-0.1, -0.05) is 55.0 Å². The minimum absolute atomic E-state index is 0.00796. The average molecular weight is 365 g/mol. The molecule has 2 aromatic carbocycles. The number of carboxylic acid groups (broad SMARTS) is 1. The molecule has 2 aliphatic carbocycles. The van der Waals surface area contributed by atoms with Gasteiger partial charge in [0.15, 0.2) is 0 Å². The summed E-state index contributed by atoms with van der Waals surface area (Å²) in [7, 11) is 1.64. The Morgan fingerprint density at radius 2 is 1.63 bits per heavy atom. The number of ether oxygens (including phenoxy) is 1. The molecule has 4 rings (SSSR count). The number of carbonyl (C=O) groups excluding carboxylic acids is 1. The van der Waals surface area contributed by atoms with Crippen LogP contribution in [0.3, 0.4) is 0 Å². The number of carboxylic acids is 1. The first kappa shape index (κ1) is 17.6. The Hall–Kier alpha value is -2.82. The van der Waals surface area contributed by atoms with Gasteiger partial charge in [0, 0.05) is 19.0 Å². The number of hydrogen-bond acceptors (Lipinski definition) is 3. The number of amides is 1. The molecule has 0 aromatic heterocycles. The van der Waals surface area contributed by atoms with Crippen LogP contribution < -0.4 is 0 Å². The summed E-state index contributed by atoms with van der Waals surface area (Å²) in [5.74, 6) is -1.33. The topological polar surface area (TPSA) is 66.8 Å². The second kappa shape index (κ2) is 7.06. The summed E-state index contributed by atoms with van der Waals surface area (Å²) in [6, 6.07) is 16.1. The zero-order chi connectivity index (χ0) is 19.0. The smallest absolute Gasteiger partial charge is 0.409 e. The van der Waals surface area contributed by atoms with Gasteiger partial charge in [-0.3, -0.25) is 4.79 Å². The first-order valence-corrected chi connectivity index (χ1v) is 9.38. The summed E-state index contributed by atoms with van der Waals surface area (Å²) in [5.41, 5.74) is 4.70. The van der Waals surface area contributed by atoms with E-state index in [2.05, 4.69) is 24.3 Å². The van der Waals surface area contributed by atoms with Crippen LogP contribution in [0.25, 0.3) is 11.1 Å². The third-order valence-corrected chi connectivity index (χ3v) is 5.92. The van der Waals surface area contributed by atoms with Gasteiger partial charge in [0.2, 0.25) is 0 Å². The molecule has 27 heavy (non-hydrogen) atoms. The Morgan fingerprint density at radius 3 is 2.22 bits per heavy atom. The van der Waals surface area contributed by atoms with E-state index in [4.69, 9.17) is 4.74 Å². The molecule has 1 amide bonds. The fourth-order valence-electron chi connectivity index (χ4n) is 4.52. The third-order valence-electron chi connectivity index (χ3n) is 5.92. The minimum Gasteiger partial charge on any atom is -0.481 e. The van der Waals surface area contributed by atoms with E-state index in [1.807, 2.05) is 24.3 Å². The van der Waals surface area contributed by atoms with Crippen molar-refractivity contribution in [2.24, 2.45) is 5.92 Å². The van der Waals surface area contributed by atoms with E-state index < -0.39 is 18.0 Å². The van der Waals surface area contributed by atoms with Crippen LogP contribution >= 0.6 is 0 Å². The van der Waals surface area contributed by atoms with Gasteiger partial charge in [0.25, 0.3) is 0 Å².